The highest BCUT2D eigenvalue weighted by atomic mass is 16.4. The number of nitrogens with zero attached hydrogens (tertiary/aromatic N) is 4. The molecule has 1 saturated heterocycles. The smallest absolute Gasteiger partial charge is 0.299 e. The van der Waals surface area contributed by atoms with Gasteiger partial charge in [-0.3, -0.25) is 9.69 Å². The quantitative estimate of drug-likeness (QED) is 0.294. The number of benzene rings is 2. The maximum absolute atomic E-state index is 12.9. The van der Waals surface area contributed by atoms with Crippen LogP contribution in [0.3, 0.4) is 0 Å². The topological polar surface area (TPSA) is 86.0 Å². The van der Waals surface area contributed by atoms with Crippen molar-refractivity contribution in [3.8, 4) is 0 Å². The number of allylic oxidation sites excluding steroid dienone is 2. The van der Waals surface area contributed by atoms with Crippen molar-refractivity contribution < 1.29 is 9.21 Å². The zero-order valence-corrected chi connectivity index (χ0v) is 23.2. The van der Waals surface area contributed by atoms with Gasteiger partial charge in [0.25, 0.3) is 11.9 Å². The van der Waals surface area contributed by atoms with Crippen LogP contribution in [-0.2, 0) is 6.54 Å². The zero-order chi connectivity index (χ0) is 27.5. The lowest BCUT2D eigenvalue weighted by Gasteiger charge is -2.32. The lowest BCUT2D eigenvalue weighted by atomic mass is 10.1. The van der Waals surface area contributed by atoms with Crippen LogP contribution in [0.25, 0.3) is 0 Å². The number of anilines is 3. The summed E-state index contributed by atoms with van der Waals surface area (Å²) in [6.45, 7) is 14.4. The first-order valence-electron chi connectivity index (χ1n) is 12.9. The summed E-state index contributed by atoms with van der Waals surface area (Å²) < 4.78 is 5.85. The van der Waals surface area contributed by atoms with Crippen molar-refractivity contribution in [3.05, 3.63) is 83.3 Å². The van der Waals surface area contributed by atoms with Gasteiger partial charge in [-0.1, -0.05) is 37.3 Å². The van der Waals surface area contributed by atoms with E-state index >= 15 is 0 Å². The Morgan fingerprint density at radius 2 is 1.87 bits per heavy atom. The Morgan fingerprint density at radius 3 is 2.53 bits per heavy atom. The molecule has 1 aromatic heterocycles. The molecule has 1 aliphatic heterocycles. The summed E-state index contributed by atoms with van der Waals surface area (Å²) >= 11 is 0. The summed E-state index contributed by atoms with van der Waals surface area (Å²) in [5, 5.41) is 6.23. The fraction of sp³-hybridized carbons (Fsp3) is 0.367. The number of likely N-dealkylation sites (N-methyl/N-ethyl adjacent to an activating group) is 1. The van der Waals surface area contributed by atoms with Crippen LogP contribution >= 0.6 is 0 Å². The average Bonchev–Trinajstić information content (AvgIpc) is 3.37. The molecule has 4 rings (SSSR count). The molecule has 0 radical (unpaired) electrons. The number of carbonyl (C=O) groups is 1. The molecule has 202 valence electrons. The summed E-state index contributed by atoms with van der Waals surface area (Å²) in [6.07, 6.45) is 5.80. The van der Waals surface area contributed by atoms with Crippen LogP contribution in [0.1, 0.15) is 47.0 Å². The second-order valence-electron chi connectivity index (χ2n) is 9.58. The van der Waals surface area contributed by atoms with Crippen LogP contribution in [0.15, 0.2) is 70.2 Å². The highest BCUT2D eigenvalue weighted by molar-refractivity contribution is 6.04. The molecule has 1 amide bonds. The number of aromatic nitrogens is 1. The molecule has 1 aliphatic rings. The average molecular weight is 517 g/mol. The highest BCUT2D eigenvalue weighted by Crippen LogP contribution is 2.26. The Hall–Kier alpha value is -3.75. The van der Waals surface area contributed by atoms with E-state index in [1.807, 2.05) is 62.4 Å². The van der Waals surface area contributed by atoms with Gasteiger partial charge in [0, 0.05) is 62.6 Å². The van der Waals surface area contributed by atoms with Gasteiger partial charge in [-0.15, -0.1) is 0 Å². The Morgan fingerprint density at radius 1 is 1.18 bits per heavy atom. The van der Waals surface area contributed by atoms with E-state index in [1.165, 1.54) is 5.56 Å². The van der Waals surface area contributed by atoms with Crippen molar-refractivity contribution >= 4 is 30.0 Å². The predicted octanol–water partition coefficient (Wildman–Crippen LogP) is 5.72. The maximum Gasteiger partial charge on any atom is 0.299 e. The molecule has 2 heterocycles. The van der Waals surface area contributed by atoms with Crippen LogP contribution in [0.5, 0.6) is 0 Å². The lowest BCUT2D eigenvalue weighted by molar-refractivity contribution is 0.102. The van der Waals surface area contributed by atoms with Crippen molar-refractivity contribution in [2.24, 2.45) is 4.99 Å². The lowest BCUT2D eigenvalue weighted by Crippen LogP contribution is -2.43. The third kappa shape index (κ3) is 8.39. The van der Waals surface area contributed by atoms with Gasteiger partial charge in [0.1, 0.15) is 5.76 Å². The van der Waals surface area contributed by atoms with Crippen LogP contribution in [0, 0.1) is 6.92 Å². The van der Waals surface area contributed by atoms with Gasteiger partial charge in [0.05, 0.1) is 6.20 Å². The van der Waals surface area contributed by atoms with Gasteiger partial charge in [0.2, 0.25) is 0 Å². The van der Waals surface area contributed by atoms with Gasteiger partial charge >= 0.3 is 0 Å². The number of amides is 1. The molecule has 0 saturated carbocycles. The van der Waals surface area contributed by atoms with Crippen molar-refractivity contribution in [2.45, 2.75) is 33.2 Å². The monoisotopic (exact) mass is 516 g/mol. The standard InChI is InChI=1S/C28H35N5O2.C2H5N/c1-5-6-21(3)26-18-29-28(35-26)31-25-17-24(12-7-20(25)2)30-27(34)23-10-8-22(9-11-23)19-33-15-13-32(4)14-16-33;1-3-2/h5-12,17-18,21H,13-16,19H2,1-4H3,(H,29,31)(H,30,34);1H2,2H3/b6-5-;. The van der Waals surface area contributed by atoms with Gasteiger partial charge in [0.15, 0.2) is 0 Å². The number of piperazine rings is 1. The number of nitrogens with one attached hydrogen (secondary N) is 2. The van der Waals surface area contributed by atoms with Crippen molar-refractivity contribution in [1.29, 1.82) is 0 Å². The maximum atomic E-state index is 12.9. The first-order chi connectivity index (χ1) is 18.3. The fourth-order valence-corrected chi connectivity index (χ4v) is 4.12. The molecule has 0 aliphatic carbocycles. The Bertz CT molecular complexity index is 1210. The van der Waals surface area contributed by atoms with E-state index < -0.39 is 0 Å². The van der Waals surface area contributed by atoms with E-state index in [-0.39, 0.29) is 11.8 Å². The van der Waals surface area contributed by atoms with Crippen LogP contribution in [0.2, 0.25) is 0 Å². The van der Waals surface area contributed by atoms with E-state index in [9.17, 15) is 4.79 Å². The summed E-state index contributed by atoms with van der Waals surface area (Å²) in [7, 11) is 3.80. The molecular formula is C30H40N6O2. The Kier molecular flexibility index (Phi) is 10.8. The van der Waals surface area contributed by atoms with E-state index in [4.69, 9.17) is 4.42 Å². The van der Waals surface area contributed by atoms with Gasteiger partial charge in [-0.2, -0.15) is 0 Å². The minimum Gasteiger partial charge on any atom is -0.428 e. The van der Waals surface area contributed by atoms with Gasteiger partial charge in [-0.05, 0) is 63.0 Å². The number of oxazole rings is 1. The molecule has 1 atom stereocenters. The summed E-state index contributed by atoms with van der Waals surface area (Å²) in [5.41, 5.74) is 4.42. The highest BCUT2D eigenvalue weighted by Gasteiger charge is 2.15. The normalized spacial score (nSPS) is 15.0. The van der Waals surface area contributed by atoms with Crippen molar-refractivity contribution in [2.75, 3.05) is 50.9 Å². The first kappa shape index (κ1) is 28.8. The van der Waals surface area contributed by atoms with Crippen LogP contribution in [0.4, 0.5) is 17.4 Å². The molecule has 2 aromatic carbocycles. The summed E-state index contributed by atoms with van der Waals surface area (Å²) in [4.78, 5) is 25.3. The van der Waals surface area contributed by atoms with Gasteiger partial charge < -0.3 is 24.9 Å². The first-order valence-corrected chi connectivity index (χ1v) is 12.9. The van der Waals surface area contributed by atoms with Crippen molar-refractivity contribution in [1.82, 2.24) is 14.8 Å². The second-order valence-corrected chi connectivity index (χ2v) is 9.58. The molecular weight excluding hydrogens is 476 g/mol. The third-order valence-corrected chi connectivity index (χ3v) is 6.41. The SMILES string of the molecule is C/C=C\C(C)c1cnc(Nc2cc(NC(=O)c3ccc(CN4CCN(C)CC4)cc3)ccc2C)o1.C=NC. The second kappa shape index (κ2) is 14.3. The minimum atomic E-state index is -0.135. The Labute approximate surface area is 226 Å². The molecule has 0 spiro atoms. The van der Waals surface area contributed by atoms with E-state index in [1.54, 1.807) is 13.2 Å². The number of rotatable bonds is 8. The Balaban J connectivity index is 0.00000127. The van der Waals surface area contributed by atoms with E-state index in [2.05, 4.69) is 57.2 Å². The molecule has 8 heteroatoms. The zero-order valence-electron chi connectivity index (χ0n) is 23.2. The largest absolute Gasteiger partial charge is 0.428 e. The van der Waals surface area contributed by atoms with E-state index in [0.29, 0.717) is 17.3 Å². The molecule has 3 aromatic rings. The van der Waals surface area contributed by atoms with Crippen LogP contribution < -0.4 is 10.6 Å². The third-order valence-electron chi connectivity index (χ3n) is 6.41. The van der Waals surface area contributed by atoms with Gasteiger partial charge in [-0.25, -0.2) is 4.98 Å². The molecule has 2 N–H and O–H groups in total. The number of carbonyl (C=O) groups excluding carboxylic acids is 1. The van der Waals surface area contributed by atoms with Crippen molar-refractivity contribution in [3.63, 3.8) is 0 Å². The minimum absolute atomic E-state index is 0.135. The molecule has 38 heavy (non-hydrogen) atoms. The fourth-order valence-electron chi connectivity index (χ4n) is 4.12. The molecule has 1 unspecified atom stereocenters. The van der Waals surface area contributed by atoms with E-state index in [0.717, 1.165) is 49.7 Å². The number of aryl methyl sites for hydroxylation is 1. The molecule has 8 nitrogen and oxygen atoms in total. The summed E-state index contributed by atoms with van der Waals surface area (Å²) in [5.74, 6) is 0.816. The predicted molar refractivity (Wildman–Crippen MR) is 157 cm³/mol. The summed E-state index contributed by atoms with van der Waals surface area (Å²) in [6, 6.07) is 14.1. The molecule has 1 fully saturated rings. The number of hydrogen-bond acceptors (Lipinski definition) is 7. The molecule has 0 bridgehead atoms. The van der Waals surface area contributed by atoms with Crippen LogP contribution in [-0.4, -0.2) is 67.7 Å². The number of hydrogen-bond donors (Lipinski definition) is 2. The number of aliphatic imine (C=N–C) groups is 1.